The highest BCUT2D eigenvalue weighted by atomic mass is 79.9. The first-order valence-corrected chi connectivity index (χ1v) is 7.60. The van der Waals surface area contributed by atoms with E-state index in [1.165, 1.54) is 6.07 Å². The summed E-state index contributed by atoms with van der Waals surface area (Å²) in [4.78, 5) is 4.65. The number of hydrogen-bond acceptors (Lipinski definition) is 3. The Hall–Kier alpha value is -0.860. The zero-order valence-electron chi connectivity index (χ0n) is 11.2. The summed E-state index contributed by atoms with van der Waals surface area (Å²) in [6.07, 6.45) is -4.32. The van der Waals surface area contributed by atoms with Gasteiger partial charge in [0.05, 0.1) is 16.2 Å². The number of thiocarbonyl (C=S) groups is 1. The molecular formula is C13H15BrF3N3S. The van der Waals surface area contributed by atoms with Crippen LogP contribution in [-0.2, 0) is 6.18 Å². The van der Waals surface area contributed by atoms with Gasteiger partial charge in [-0.15, -0.1) is 0 Å². The number of anilines is 1. The highest BCUT2D eigenvalue weighted by Gasteiger charge is 2.31. The number of nitrogens with zero attached hydrogens (tertiary/aromatic N) is 2. The second-order valence-corrected chi connectivity index (χ2v) is 6.27. The van der Waals surface area contributed by atoms with Crippen molar-refractivity contribution < 1.29 is 13.2 Å². The molecule has 0 bridgehead atoms. The van der Waals surface area contributed by atoms with E-state index in [4.69, 9.17) is 18.0 Å². The van der Waals surface area contributed by atoms with Gasteiger partial charge in [0.1, 0.15) is 0 Å². The van der Waals surface area contributed by atoms with Gasteiger partial charge in [-0.2, -0.15) is 13.2 Å². The normalized spacial score (nSPS) is 17.0. The average molecular weight is 382 g/mol. The van der Waals surface area contributed by atoms with Crippen LogP contribution in [0.2, 0.25) is 0 Å². The van der Waals surface area contributed by atoms with E-state index in [-0.39, 0.29) is 0 Å². The van der Waals surface area contributed by atoms with Crippen LogP contribution in [0.15, 0.2) is 22.7 Å². The van der Waals surface area contributed by atoms with Crippen LogP contribution in [0.25, 0.3) is 0 Å². The van der Waals surface area contributed by atoms with Crippen LogP contribution in [-0.4, -0.2) is 42.6 Å². The number of piperazine rings is 1. The van der Waals surface area contributed by atoms with Crippen LogP contribution in [0.3, 0.4) is 0 Å². The van der Waals surface area contributed by atoms with Crippen LogP contribution in [0.4, 0.5) is 18.9 Å². The second kappa shape index (κ2) is 6.50. The molecule has 1 heterocycles. The third-order valence-electron chi connectivity index (χ3n) is 3.37. The van der Waals surface area contributed by atoms with E-state index in [2.05, 4.69) is 25.7 Å². The van der Waals surface area contributed by atoms with Crippen molar-refractivity contribution in [3.8, 4) is 0 Å². The van der Waals surface area contributed by atoms with Crippen LogP contribution in [0.1, 0.15) is 5.56 Å². The van der Waals surface area contributed by atoms with E-state index in [1.54, 1.807) is 0 Å². The molecule has 0 aromatic heterocycles. The first kappa shape index (κ1) is 16.5. The van der Waals surface area contributed by atoms with Crippen LogP contribution < -0.4 is 10.6 Å². The Morgan fingerprint density at radius 2 is 1.86 bits per heavy atom. The lowest BCUT2D eigenvalue weighted by atomic mass is 10.1. The summed E-state index contributed by atoms with van der Waals surface area (Å²) >= 11 is 8.11. The van der Waals surface area contributed by atoms with Crippen molar-refractivity contribution in [1.29, 1.82) is 0 Å². The summed E-state index contributed by atoms with van der Waals surface area (Å²) in [7, 11) is 0. The lowest BCUT2D eigenvalue weighted by Gasteiger charge is -2.36. The van der Waals surface area contributed by atoms with Crippen molar-refractivity contribution in [3.05, 3.63) is 28.2 Å². The van der Waals surface area contributed by atoms with Gasteiger partial charge < -0.3 is 10.6 Å². The number of halogens is 4. The highest BCUT2D eigenvalue weighted by Crippen LogP contribution is 2.35. The van der Waals surface area contributed by atoms with Gasteiger partial charge >= 0.3 is 6.18 Å². The third-order valence-corrected chi connectivity index (χ3v) is 4.13. The molecule has 2 N–H and O–H groups in total. The Kier molecular flexibility index (Phi) is 5.11. The standard InChI is InChI=1S/C13H15BrF3N3S/c14-10-7-9(13(15,16)17)1-2-11(10)20-5-3-19(4-6-20)8-12(18)21/h1-2,7H,3-6,8H2,(H2,18,21). The summed E-state index contributed by atoms with van der Waals surface area (Å²) in [5, 5.41) is 0. The predicted octanol–water partition coefficient (Wildman–Crippen LogP) is 2.88. The molecule has 0 saturated carbocycles. The highest BCUT2D eigenvalue weighted by molar-refractivity contribution is 9.10. The van der Waals surface area contributed by atoms with Crippen molar-refractivity contribution in [2.75, 3.05) is 37.6 Å². The molecule has 2 rings (SSSR count). The van der Waals surface area contributed by atoms with Gasteiger partial charge in [-0.1, -0.05) is 12.2 Å². The molecule has 0 unspecified atom stereocenters. The fourth-order valence-corrected chi connectivity index (χ4v) is 3.12. The zero-order chi connectivity index (χ0) is 15.6. The minimum absolute atomic E-state index is 0.458. The molecule has 1 aromatic carbocycles. The van der Waals surface area contributed by atoms with Crippen molar-refractivity contribution in [2.45, 2.75) is 6.18 Å². The maximum atomic E-state index is 12.6. The van der Waals surface area contributed by atoms with Gasteiger partial charge in [-0.05, 0) is 34.1 Å². The van der Waals surface area contributed by atoms with Crippen molar-refractivity contribution >= 4 is 38.8 Å². The monoisotopic (exact) mass is 381 g/mol. The molecule has 0 amide bonds. The molecule has 3 nitrogen and oxygen atoms in total. The van der Waals surface area contributed by atoms with Crippen molar-refractivity contribution in [3.63, 3.8) is 0 Å². The maximum absolute atomic E-state index is 12.6. The summed E-state index contributed by atoms with van der Waals surface area (Å²) in [6, 6.07) is 3.74. The van der Waals surface area contributed by atoms with E-state index in [0.29, 0.717) is 16.0 Å². The fourth-order valence-electron chi connectivity index (χ4n) is 2.31. The van der Waals surface area contributed by atoms with Gasteiger partial charge in [-0.25, -0.2) is 0 Å². The Bertz CT molecular complexity index is 528. The third kappa shape index (κ3) is 4.31. The number of rotatable bonds is 3. The van der Waals surface area contributed by atoms with Crippen LogP contribution in [0, 0.1) is 0 Å². The molecule has 8 heteroatoms. The number of nitrogens with two attached hydrogens (primary N) is 1. The van der Waals surface area contributed by atoms with Crippen LogP contribution in [0.5, 0.6) is 0 Å². The quantitative estimate of drug-likeness (QED) is 0.816. The van der Waals surface area contributed by atoms with E-state index in [1.807, 2.05) is 0 Å². The minimum Gasteiger partial charge on any atom is -0.392 e. The number of benzene rings is 1. The van der Waals surface area contributed by atoms with Gasteiger partial charge in [0.25, 0.3) is 0 Å². The Labute approximate surface area is 135 Å². The first-order chi connectivity index (χ1) is 9.77. The van der Waals surface area contributed by atoms with Gasteiger partial charge in [0, 0.05) is 37.2 Å². The molecule has 1 aliphatic heterocycles. The van der Waals surface area contributed by atoms with E-state index >= 15 is 0 Å². The number of hydrogen-bond donors (Lipinski definition) is 1. The van der Waals surface area contributed by atoms with E-state index in [0.717, 1.165) is 44.0 Å². The first-order valence-electron chi connectivity index (χ1n) is 6.40. The average Bonchev–Trinajstić information content (AvgIpc) is 2.38. The lowest BCUT2D eigenvalue weighted by molar-refractivity contribution is -0.137. The topological polar surface area (TPSA) is 32.5 Å². The molecule has 1 aliphatic rings. The molecule has 0 aliphatic carbocycles. The van der Waals surface area contributed by atoms with Crippen molar-refractivity contribution in [1.82, 2.24) is 4.90 Å². The molecule has 0 radical (unpaired) electrons. The largest absolute Gasteiger partial charge is 0.416 e. The smallest absolute Gasteiger partial charge is 0.392 e. The molecule has 21 heavy (non-hydrogen) atoms. The Morgan fingerprint density at radius 1 is 1.24 bits per heavy atom. The molecule has 116 valence electrons. The summed E-state index contributed by atoms with van der Waals surface area (Å²) in [6.45, 7) is 3.60. The second-order valence-electron chi connectivity index (χ2n) is 4.89. The van der Waals surface area contributed by atoms with Gasteiger partial charge in [-0.3, -0.25) is 4.90 Å². The fraction of sp³-hybridized carbons (Fsp3) is 0.462. The Balaban J connectivity index is 2.05. The molecule has 1 fully saturated rings. The van der Waals surface area contributed by atoms with Crippen LogP contribution >= 0.6 is 28.1 Å². The summed E-state index contributed by atoms with van der Waals surface area (Å²) in [5.41, 5.74) is 5.64. The summed E-state index contributed by atoms with van der Waals surface area (Å²) < 4.78 is 38.4. The molecule has 1 aromatic rings. The SMILES string of the molecule is NC(=S)CN1CCN(c2ccc(C(F)(F)F)cc2Br)CC1. The predicted molar refractivity (Wildman–Crippen MR) is 84.6 cm³/mol. The molecule has 0 spiro atoms. The van der Waals surface area contributed by atoms with Crippen molar-refractivity contribution in [2.24, 2.45) is 5.73 Å². The number of alkyl halides is 3. The molecule has 0 atom stereocenters. The zero-order valence-corrected chi connectivity index (χ0v) is 13.6. The van der Waals surface area contributed by atoms with Gasteiger partial charge in [0.2, 0.25) is 0 Å². The summed E-state index contributed by atoms with van der Waals surface area (Å²) in [5.74, 6) is 0. The maximum Gasteiger partial charge on any atom is 0.416 e. The van der Waals surface area contributed by atoms with Gasteiger partial charge in [0.15, 0.2) is 0 Å². The lowest BCUT2D eigenvalue weighted by Crippen LogP contribution is -2.48. The minimum atomic E-state index is -4.32. The Morgan fingerprint density at radius 3 is 2.33 bits per heavy atom. The molecular weight excluding hydrogens is 367 g/mol. The van der Waals surface area contributed by atoms with E-state index < -0.39 is 11.7 Å². The molecule has 1 saturated heterocycles. The van der Waals surface area contributed by atoms with E-state index in [9.17, 15) is 13.2 Å².